The quantitative estimate of drug-likeness (QED) is 0.458. The highest BCUT2D eigenvalue weighted by molar-refractivity contribution is 4.24. The number of quaternary nitrogens is 1. The molecule has 0 heterocycles. The summed E-state index contributed by atoms with van der Waals surface area (Å²) in [6.07, 6.45) is 2.70. The van der Waals surface area contributed by atoms with Gasteiger partial charge in [-0.05, 0) is 13.3 Å². The van der Waals surface area contributed by atoms with E-state index in [0.717, 1.165) is 0 Å². The van der Waals surface area contributed by atoms with Gasteiger partial charge < -0.3 is 22.3 Å². The van der Waals surface area contributed by atoms with Crippen molar-refractivity contribution in [2.75, 3.05) is 13.1 Å². The van der Waals surface area contributed by atoms with Gasteiger partial charge in [0.25, 0.3) is 0 Å². The Morgan fingerprint density at radius 2 is 1.88 bits per heavy atom. The smallest absolute Gasteiger partial charge is 0.0755 e. The maximum Gasteiger partial charge on any atom is 0.0755 e. The lowest BCUT2D eigenvalue weighted by atomic mass is 10.3. The Balaban J connectivity index is 0. The molecule has 8 heavy (non-hydrogen) atoms. The van der Waals surface area contributed by atoms with Crippen molar-refractivity contribution in [3.8, 4) is 0 Å². The monoisotopic (exact) mass is 181 g/mol. The number of unbranched alkanes of at least 4 members (excludes halogenated alkanes) is 1. The van der Waals surface area contributed by atoms with Crippen LogP contribution in [0.2, 0.25) is 0 Å². The molecule has 1 nitrogen and oxygen atoms in total. The van der Waals surface area contributed by atoms with Crippen molar-refractivity contribution in [3.63, 3.8) is 0 Å². The predicted molar refractivity (Wildman–Crippen MR) is 32.2 cm³/mol. The molecular formula is C6H16BrN. The molecule has 0 aromatic heterocycles. The van der Waals surface area contributed by atoms with Crippen LogP contribution >= 0.6 is 0 Å². The van der Waals surface area contributed by atoms with Crippen molar-refractivity contribution in [1.29, 1.82) is 0 Å². The van der Waals surface area contributed by atoms with Gasteiger partial charge in [0.1, 0.15) is 0 Å². The van der Waals surface area contributed by atoms with E-state index in [4.69, 9.17) is 0 Å². The van der Waals surface area contributed by atoms with Gasteiger partial charge in [-0.15, -0.1) is 0 Å². The molecule has 0 aliphatic heterocycles. The molecule has 0 saturated heterocycles. The van der Waals surface area contributed by atoms with E-state index in [1.165, 1.54) is 25.9 Å². The minimum atomic E-state index is 0. The Hall–Kier alpha value is 0.440. The van der Waals surface area contributed by atoms with Crippen LogP contribution < -0.4 is 22.3 Å². The normalized spacial score (nSPS) is 8.25. The summed E-state index contributed by atoms with van der Waals surface area (Å²) in [6, 6.07) is 0. The minimum Gasteiger partial charge on any atom is -1.00 e. The topological polar surface area (TPSA) is 16.6 Å². The zero-order valence-electron chi connectivity index (χ0n) is 5.78. The van der Waals surface area contributed by atoms with Crippen molar-refractivity contribution in [2.24, 2.45) is 0 Å². The number of rotatable bonds is 4. The van der Waals surface area contributed by atoms with Crippen LogP contribution in [0, 0.1) is 0 Å². The van der Waals surface area contributed by atoms with Crippen LogP contribution in [0.4, 0.5) is 0 Å². The number of hydrogen-bond donors (Lipinski definition) is 1. The van der Waals surface area contributed by atoms with Crippen LogP contribution in [0.15, 0.2) is 0 Å². The molecule has 0 fully saturated rings. The van der Waals surface area contributed by atoms with Crippen molar-refractivity contribution in [2.45, 2.75) is 26.7 Å². The zero-order valence-corrected chi connectivity index (χ0v) is 7.37. The molecule has 0 atom stereocenters. The van der Waals surface area contributed by atoms with Gasteiger partial charge in [0.15, 0.2) is 0 Å². The van der Waals surface area contributed by atoms with Crippen molar-refractivity contribution in [3.05, 3.63) is 0 Å². The first kappa shape index (κ1) is 11.3. The van der Waals surface area contributed by atoms with E-state index in [0.29, 0.717) is 0 Å². The van der Waals surface area contributed by atoms with Crippen LogP contribution in [0.3, 0.4) is 0 Å². The summed E-state index contributed by atoms with van der Waals surface area (Å²) in [6.45, 7) is 6.96. The Kier molecular flexibility index (Phi) is 14.7. The molecule has 0 saturated carbocycles. The highest BCUT2D eigenvalue weighted by Crippen LogP contribution is 1.76. The summed E-state index contributed by atoms with van der Waals surface area (Å²) in [5.74, 6) is 0. The van der Waals surface area contributed by atoms with Gasteiger partial charge in [0, 0.05) is 0 Å². The van der Waals surface area contributed by atoms with E-state index in [1.807, 2.05) is 0 Å². The molecule has 0 bridgehead atoms. The molecular weight excluding hydrogens is 166 g/mol. The Morgan fingerprint density at radius 3 is 2.25 bits per heavy atom. The maximum atomic E-state index is 2.34. The Labute approximate surface area is 62.6 Å². The third kappa shape index (κ3) is 9.67. The first-order valence-corrected chi connectivity index (χ1v) is 3.23. The third-order valence-corrected chi connectivity index (χ3v) is 1.05. The van der Waals surface area contributed by atoms with Gasteiger partial charge >= 0.3 is 0 Å². The SMILES string of the molecule is CCCC[NH2+]CC.[Br-]. The average molecular weight is 182 g/mol. The Morgan fingerprint density at radius 1 is 1.25 bits per heavy atom. The van der Waals surface area contributed by atoms with Gasteiger partial charge in [-0.3, -0.25) is 0 Å². The first-order valence-electron chi connectivity index (χ1n) is 3.23. The second kappa shape index (κ2) is 10.4. The molecule has 0 radical (unpaired) electrons. The lowest BCUT2D eigenvalue weighted by Crippen LogP contribution is -3.00. The molecule has 0 spiro atoms. The molecule has 0 unspecified atom stereocenters. The zero-order chi connectivity index (χ0) is 5.54. The molecule has 0 aromatic carbocycles. The standard InChI is InChI=1S/C6H15N.BrH/c1-3-5-6-7-4-2;/h7H,3-6H2,1-2H3;1H. The largest absolute Gasteiger partial charge is 1.00 e. The van der Waals surface area contributed by atoms with E-state index >= 15 is 0 Å². The van der Waals surface area contributed by atoms with Crippen molar-refractivity contribution >= 4 is 0 Å². The van der Waals surface area contributed by atoms with Crippen LogP contribution in [-0.4, -0.2) is 13.1 Å². The van der Waals surface area contributed by atoms with Crippen molar-refractivity contribution < 1.29 is 22.3 Å². The average Bonchev–Trinajstić information content (AvgIpc) is 1.69. The van der Waals surface area contributed by atoms with E-state index in [-0.39, 0.29) is 17.0 Å². The number of nitrogens with two attached hydrogens (primary N) is 1. The molecule has 0 amide bonds. The van der Waals surface area contributed by atoms with E-state index in [1.54, 1.807) is 0 Å². The fourth-order valence-electron chi connectivity index (χ4n) is 0.553. The summed E-state index contributed by atoms with van der Waals surface area (Å²) in [4.78, 5) is 0. The molecule has 52 valence electrons. The fourth-order valence-corrected chi connectivity index (χ4v) is 0.553. The van der Waals surface area contributed by atoms with E-state index in [2.05, 4.69) is 19.2 Å². The summed E-state index contributed by atoms with van der Waals surface area (Å²) >= 11 is 0. The molecule has 0 aliphatic rings. The van der Waals surface area contributed by atoms with Crippen LogP contribution in [0.5, 0.6) is 0 Å². The van der Waals surface area contributed by atoms with Crippen molar-refractivity contribution in [1.82, 2.24) is 0 Å². The second-order valence-electron chi connectivity index (χ2n) is 1.84. The summed E-state index contributed by atoms with van der Waals surface area (Å²) in [5, 5.41) is 2.34. The van der Waals surface area contributed by atoms with Gasteiger partial charge in [-0.25, -0.2) is 0 Å². The first-order chi connectivity index (χ1) is 3.41. The third-order valence-electron chi connectivity index (χ3n) is 1.05. The number of halogens is 1. The molecule has 0 aromatic rings. The molecule has 0 rings (SSSR count). The molecule has 2 heteroatoms. The lowest BCUT2D eigenvalue weighted by Gasteiger charge is -1.92. The van der Waals surface area contributed by atoms with E-state index < -0.39 is 0 Å². The van der Waals surface area contributed by atoms with Gasteiger partial charge in [-0.1, -0.05) is 13.3 Å². The van der Waals surface area contributed by atoms with Gasteiger partial charge in [-0.2, -0.15) is 0 Å². The van der Waals surface area contributed by atoms with E-state index in [9.17, 15) is 0 Å². The van der Waals surface area contributed by atoms with Gasteiger partial charge in [0.2, 0.25) is 0 Å². The lowest BCUT2D eigenvalue weighted by molar-refractivity contribution is -0.652. The predicted octanol–water partition coefficient (Wildman–Crippen LogP) is -2.63. The molecule has 0 aliphatic carbocycles. The molecule has 2 N–H and O–H groups in total. The van der Waals surface area contributed by atoms with Crippen LogP contribution in [0.1, 0.15) is 26.7 Å². The Bertz CT molecular complexity index is 27.7. The van der Waals surface area contributed by atoms with Gasteiger partial charge in [0.05, 0.1) is 13.1 Å². The summed E-state index contributed by atoms with van der Waals surface area (Å²) in [5.41, 5.74) is 0. The summed E-state index contributed by atoms with van der Waals surface area (Å²) in [7, 11) is 0. The fraction of sp³-hybridized carbons (Fsp3) is 1.00. The highest BCUT2D eigenvalue weighted by atomic mass is 79.9. The highest BCUT2D eigenvalue weighted by Gasteiger charge is 1.80. The second-order valence-corrected chi connectivity index (χ2v) is 1.84. The van der Waals surface area contributed by atoms with Crippen LogP contribution in [0.25, 0.3) is 0 Å². The maximum absolute atomic E-state index is 2.34. The van der Waals surface area contributed by atoms with Crippen LogP contribution in [-0.2, 0) is 0 Å². The minimum absolute atomic E-state index is 0. The summed E-state index contributed by atoms with van der Waals surface area (Å²) < 4.78 is 0. The number of hydrogen-bond acceptors (Lipinski definition) is 0.